The van der Waals surface area contributed by atoms with E-state index in [1.807, 2.05) is 116 Å². The number of aliphatic hydroxyl groups excluding tert-OH is 1. The van der Waals surface area contributed by atoms with Crippen LogP contribution >= 0.6 is 34.7 Å². The molecule has 6 heterocycles. The van der Waals surface area contributed by atoms with E-state index in [9.17, 15) is 59.1 Å². The number of β-amino-alcohol motifs (C(OH)–C–C–N with tert-alkyl or cyclic N) is 1. The minimum atomic E-state index is -6.11. The smallest absolute Gasteiger partial charge is 0.391 e. The summed E-state index contributed by atoms with van der Waals surface area (Å²) in [6.45, 7) is 23.5. The Kier molecular flexibility index (Phi) is 28.2. The van der Waals surface area contributed by atoms with E-state index in [4.69, 9.17) is 16.3 Å². The molecule has 6 aromatic rings. The number of nitrogens with one attached hydrogen (secondary N) is 4. The van der Waals surface area contributed by atoms with Crippen LogP contribution in [0.1, 0.15) is 119 Å². The summed E-state index contributed by atoms with van der Waals surface area (Å²) in [5.41, 5.74) is 2.35. The van der Waals surface area contributed by atoms with E-state index in [-0.39, 0.29) is 60.0 Å². The first-order valence-corrected chi connectivity index (χ1v) is 44.6. The number of benzene rings is 5. The number of anilines is 2. The number of piperazine rings is 2. The highest BCUT2D eigenvalue weighted by Gasteiger charge is 2.49. The van der Waals surface area contributed by atoms with Gasteiger partial charge in [0.25, 0.3) is 25.8 Å². The molecular formula is C83H106ClF3N12O11S4. The topological polar surface area (TPSA) is 267 Å². The molecule has 31 heteroatoms. The normalized spacial score (nSPS) is 21.1. The summed E-state index contributed by atoms with van der Waals surface area (Å²) >= 11 is 9.42. The van der Waals surface area contributed by atoms with Gasteiger partial charge in [-0.3, -0.25) is 43.6 Å². The van der Waals surface area contributed by atoms with Gasteiger partial charge in [0.2, 0.25) is 23.6 Å². The predicted octanol–water partition coefficient (Wildman–Crippen LogP) is 10.9. The van der Waals surface area contributed by atoms with Gasteiger partial charge in [0.1, 0.15) is 17.0 Å². The highest BCUT2D eigenvalue weighted by molar-refractivity contribution is 7.99. The summed E-state index contributed by atoms with van der Waals surface area (Å²) in [4.78, 5) is 88.9. The van der Waals surface area contributed by atoms with Crippen LogP contribution in [0.2, 0.25) is 5.02 Å². The van der Waals surface area contributed by atoms with Crippen LogP contribution < -0.4 is 25.6 Å². The molecule has 2 unspecified atom stereocenters. The third-order valence-corrected chi connectivity index (χ3v) is 28.2. The molecule has 5 aliphatic heterocycles. The lowest BCUT2D eigenvalue weighted by atomic mass is 9.71. The Hall–Kier alpha value is -7.49. The molecule has 5 aromatic carbocycles. The number of allylic oxidation sites excluding steroid dienone is 1. The molecule has 5 fully saturated rings. The number of likely N-dealkylation sites (tertiary alicyclic amines) is 2. The quantitative estimate of drug-likeness (QED) is 0.0286. The average molecular weight is 1670 g/mol. The molecule has 1 aromatic heterocycles. The number of sulfone groups is 1. The van der Waals surface area contributed by atoms with E-state index in [0.717, 1.165) is 121 Å². The first-order chi connectivity index (χ1) is 54.2. The van der Waals surface area contributed by atoms with Crippen molar-refractivity contribution in [3.8, 4) is 10.4 Å². The van der Waals surface area contributed by atoms with Crippen LogP contribution in [-0.4, -0.2) is 246 Å². The minimum Gasteiger partial charge on any atom is -0.391 e. The van der Waals surface area contributed by atoms with Crippen LogP contribution in [0.25, 0.3) is 16.0 Å². The SMILES string of the molecule is Cc1ncsc1-c1ccc([C@H](C)NC(=O)[C@@H]2C[C@@H](O)CN2C(=O)[C@@H](NC(=O)CC2CCN(CC(=O)N3CCN(CC4(C)CCC(c5ccc(Cl)cc5)=C(CN5CCN(c6ccc(C(=O)NS(=O)(=O)c7ccc(NC(CCN8CCOCC8)CSc8ccccc8)c(S(=O)(=O)C(F)(F)F)c7)cc6)CC5)C4)CC3)CC2)C(C)(C)C)cc1. The monoisotopic (exact) mass is 1670 g/mol. The van der Waals surface area contributed by atoms with Crippen LogP contribution in [0, 0.1) is 23.7 Å². The molecule has 616 valence electrons. The van der Waals surface area contributed by atoms with Crippen molar-refractivity contribution in [3.63, 3.8) is 0 Å². The third-order valence-electron chi connectivity index (χ3n) is 23.0. The second-order valence-electron chi connectivity index (χ2n) is 32.6. The lowest BCUT2D eigenvalue weighted by Crippen LogP contribution is -2.58. The number of amides is 5. The molecule has 114 heavy (non-hydrogen) atoms. The number of piperidine rings is 1. The van der Waals surface area contributed by atoms with Crippen LogP contribution in [0.5, 0.6) is 0 Å². The molecule has 0 spiro atoms. The zero-order chi connectivity index (χ0) is 81.3. The number of nitrogens with zero attached hydrogens (tertiary/aromatic N) is 8. The zero-order valence-corrected chi connectivity index (χ0v) is 69.7. The molecule has 0 bridgehead atoms. The van der Waals surface area contributed by atoms with Crippen LogP contribution in [0.15, 0.2) is 147 Å². The molecule has 23 nitrogen and oxygen atoms in total. The van der Waals surface area contributed by atoms with Crippen molar-refractivity contribution in [1.82, 2.24) is 49.7 Å². The number of carbonyl (C=O) groups is 5. The fourth-order valence-corrected chi connectivity index (χ4v) is 20.3. The average Bonchev–Trinajstić information content (AvgIpc) is 0.957. The number of aryl methyl sites for hydroxylation is 1. The Balaban J connectivity index is 0.593. The number of rotatable bonds is 28. The Morgan fingerprint density at radius 1 is 0.781 bits per heavy atom. The van der Waals surface area contributed by atoms with Gasteiger partial charge in [0.15, 0.2) is 0 Å². The Labute approximate surface area is 681 Å². The number of ether oxygens (including phenoxy) is 1. The summed E-state index contributed by atoms with van der Waals surface area (Å²) in [7, 11) is -11.0. The number of thioether (sulfide) groups is 1. The van der Waals surface area contributed by atoms with Crippen molar-refractivity contribution in [2.24, 2.45) is 16.7 Å². The Morgan fingerprint density at radius 2 is 1.45 bits per heavy atom. The van der Waals surface area contributed by atoms with Gasteiger partial charge in [0.05, 0.1) is 58.6 Å². The summed E-state index contributed by atoms with van der Waals surface area (Å²) in [6.07, 6.45) is 4.02. The fourth-order valence-electron chi connectivity index (χ4n) is 16.4. The lowest BCUT2D eigenvalue weighted by molar-refractivity contribution is -0.144. The standard InChI is InChI=1S/C83H106ClF3N12O11S4/c1-56(59-12-14-61(15-13-59)76-57(2)88-55-112-76)89-79(104)72-47-67(100)51-99(72)80(105)77(81(3,4)5)91-74(101)46-58-27-31-94(32-28-58)52-75(102)98-40-36-96(37-41-98)54-82(6)30-26-70(60-16-20-64(84)21-17-60)63(49-82)50-95-34-38-97(39-35-95)66-22-18-62(19-23-66)78(103)92-114(108,109)69-24-25-71(73(48-69)113(106,107)83(85,86)87)90-65(29-33-93-42-44-110-45-43-93)53-111-68-10-8-7-9-11-68/h7-25,48,55-56,58,65,67,72,77,90,100H,26-47,49-54H2,1-6H3,(H,89,104)(H,91,101)(H,92,103)/t56-,65?,67+,72-,77+,82?/m0/s1. The molecule has 5 N–H and O–H groups in total. The highest BCUT2D eigenvalue weighted by atomic mass is 35.5. The fraction of sp³-hybridized carbons (Fsp3) is 0.518. The number of alkyl halides is 3. The third kappa shape index (κ3) is 22.0. The zero-order valence-electron chi connectivity index (χ0n) is 65.6. The van der Waals surface area contributed by atoms with Gasteiger partial charge in [-0.1, -0.05) is 99.5 Å². The number of aromatic nitrogens is 1. The maximum Gasteiger partial charge on any atom is 0.501 e. The van der Waals surface area contributed by atoms with Gasteiger partial charge in [-0.25, -0.2) is 26.5 Å². The van der Waals surface area contributed by atoms with Gasteiger partial charge < -0.3 is 40.5 Å². The summed E-state index contributed by atoms with van der Waals surface area (Å²) in [5.74, 6) is -1.60. The van der Waals surface area contributed by atoms with Crippen LogP contribution in [0.3, 0.4) is 0 Å². The first kappa shape index (κ1) is 85.9. The number of sulfonamides is 1. The minimum absolute atomic E-state index is 0.0224. The molecule has 0 saturated carbocycles. The van der Waals surface area contributed by atoms with Gasteiger partial charge in [-0.15, -0.1) is 23.1 Å². The van der Waals surface area contributed by atoms with Crippen molar-refractivity contribution in [3.05, 3.63) is 160 Å². The lowest BCUT2D eigenvalue weighted by Gasteiger charge is -2.44. The van der Waals surface area contributed by atoms with Crippen LogP contribution in [0.4, 0.5) is 24.5 Å². The van der Waals surface area contributed by atoms with E-state index in [0.29, 0.717) is 102 Å². The maximum atomic E-state index is 14.5. The van der Waals surface area contributed by atoms with Crippen molar-refractivity contribution >= 4 is 101 Å². The predicted molar refractivity (Wildman–Crippen MR) is 439 cm³/mol. The number of halogens is 4. The van der Waals surface area contributed by atoms with Crippen molar-refractivity contribution in [1.29, 1.82) is 0 Å². The van der Waals surface area contributed by atoms with Crippen molar-refractivity contribution in [2.75, 3.05) is 140 Å². The van der Waals surface area contributed by atoms with Crippen LogP contribution in [-0.2, 0) is 43.8 Å². The molecule has 1 aliphatic carbocycles. The summed E-state index contributed by atoms with van der Waals surface area (Å²) < 4.78 is 105. The molecule has 5 saturated heterocycles. The van der Waals surface area contributed by atoms with Crippen molar-refractivity contribution < 1.29 is 63.8 Å². The number of aliphatic hydroxyl groups is 1. The Morgan fingerprint density at radius 3 is 2.10 bits per heavy atom. The molecule has 12 rings (SSSR count). The number of morpholine rings is 1. The first-order valence-electron chi connectivity index (χ1n) is 39.4. The molecular weight excluding hydrogens is 1560 g/mol. The summed E-state index contributed by atoms with van der Waals surface area (Å²) in [6, 6.07) is 31.3. The number of carbonyl (C=O) groups excluding carboxylic acids is 5. The highest BCUT2D eigenvalue weighted by Crippen LogP contribution is 2.45. The molecule has 5 amide bonds. The van der Waals surface area contributed by atoms with E-state index < -0.39 is 82.3 Å². The molecule has 6 atom stereocenters. The van der Waals surface area contributed by atoms with Crippen molar-refractivity contribution in [2.45, 2.75) is 143 Å². The van der Waals surface area contributed by atoms with Gasteiger partial charge >= 0.3 is 5.51 Å². The van der Waals surface area contributed by atoms with E-state index in [2.05, 4.69) is 64.5 Å². The second-order valence-corrected chi connectivity index (χ2v) is 38.6. The van der Waals surface area contributed by atoms with E-state index in [1.54, 1.807) is 23.5 Å². The number of hydrogen-bond acceptors (Lipinski definition) is 20. The van der Waals surface area contributed by atoms with Gasteiger partial charge in [-0.2, -0.15) is 13.2 Å². The summed E-state index contributed by atoms with van der Waals surface area (Å²) in [5, 5.41) is 20.6. The Bertz CT molecular complexity index is 4610. The molecule has 0 radical (unpaired) electrons. The van der Waals surface area contributed by atoms with E-state index in [1.165, 1.54) is 39.9 Å². The van der Waals surface area contributed by atoms with Gasteiger partial charge in [0, 0.05) is 137 Å². The second kappa shape index (κ2) is 37.4. The van der Waals surface area contributed by atoms with Gasteiger partial charge in [-0.05, 0) is 171 Å². The van der Waals surface area contributed by atoms with E-state index >= 15 is 0 Å². The molecule has 6 aliphatic rings. The largest absolute Gasteiger partial charge is 0.501 e. The number of hydrogen-bond donors (Lipinski definition) is 5. The number of thiazole rings is 1. The maximum absolute atomic E-state index is 14.5.